The Morgan fingerprint density at radius 3 is 2.54 bits per heavy atom. The van der Waals surface area contributed by atoms with Crippen molar-refractivity contribution in [2.24, 2.45) is 11.8 Å². The molecule has 0 unspecified atom stereocenters. The average Bonchev–Trinajstić information content (AvgIpc) is 2.07. The highest BCUT2D eigenvalue weighted by Crippen LogP contribution is 2.29. The second kappa shape index (κ2) is 4.97. The molecule has 0 spiro atoms. The molecule has 1 aliphatic carbocycles. The standard InChI is InChI=1S/C11H23NO/c1-8-4-5-11(6-9(8)2)12-7-10(3)13/h8-13H,4-7H2,1-3H3/t8-,9+,10+,11-/m1/s1. The van der Waals surface area contributed by atoms with Gasteiger partial charge in [0.25, 0.3) is 0 Å². The highest BCUT2D eigenvalue weighted by molar-refractivity contribution is 4.79. The molecule has 0 amide bonds. The summed E-state index contributed by atoms with van der Waals surface area (Å²) in [5.74, 6) is 1.71. The van der Waals surface area contributed by atoms with Gasteiger partial charge in [0.15, 0.2) is 0 Å². The van der Waals surface area contributed by atoms with E-state index < -0.39 is 0 Å². The van der Waals surface area contributed by atoms with Crippen molar-refractivity contribution in [3.63, 3.8) is 0 Å². The van der Waals surface area contributed by atoms with Gasteiger partial charge in [0, 0.05) is 12.6 Å². The van der Waals surface area contributed by atoms with Crippen LogP contribution in [0.1, 0.15) is 40.0 Å². The number of hydrogen-bond donors (Lipinski definition) is 2. The largest absolute Gasteiger partial charge is 0.392 e. The lowest BCUT2D eigenvalue weighted by molar-refractivity contribution is 0.167. The first-order chi connectivity index (χ1) is 6.09. The number of rotatable bonds is 3. The van der Waals surface area contributed by atoms with Gasteiger partial charge in [-0.05, 0) is 38.0 Å². The fraction of sp³-hybridized carbons (Fsp3) is 1.00. The van der Waals surface area contributed by atoms with Crippen molar-refractivity contribution in [1.82, 2.24) is 5.32 Å². The lowest BCUT2D eigenvalue weighted by Crippen LogP contribution is -2.39. The summed E-state index contributed by atoms with van der Waals surface area (Å²) in [5.41, 5.74) is 0. The summed E-state index contributed by atoms with van der Waals surface area (Å²) in [5, 5.41) is 12.6. The molecule has 0 aromatic heterocycles. The van der Waals surface area contributed by atoms with Gasteiger partial charge < -0.3 is 10.4 Å². The predicted octanol–water partition coefficient (Wildman–Crippen LogP) is 1.78. The van der Waals surface area contributed by atoms with Crippen molar-refractivity contribution in [2.75, 3.05) is 6.54 Å². The zero-order valence-corrected chi connectivity index (χ0v) is 9.09. The smallest absolute Gasteiger partial charge is 0.0636 e. The molecule has 0 aromatic rings. The maximum Gasteiger partial charge on any atom is 0.0636 e. The summed E-state index contributed by atoms with van der Waals surface area (Å²) in [7, 11) is 0. The van der Waals surface area contributed by atoms with Crippen LogP contribution in [0.25, 0.3) is 0 Å². The number of aliphatic hydroxyl groups excluding tert-OH is 1. The van der Waals surface area contributed by atoms with Gasteiger partial charge >= 0.3 is 0 Å². The van der Waals surface area contributed by atoms with Crippen LogP contribution in [0.15, 0.2) is 0 Å². The minimum absolute atomic E-state index is 0.213. The highest BCUT2D eigenvalue weighted by Gasteiger charge is 2.23. The third kappa shape index (κ3) is 3.65. The Balaban J connectivity index is 2.21. The molecular formula is C11H23NO. The second-order valence-electron chi connectivity index (χ2n) is 4.72. The summed E-state index contributed by atoms with van der Waals surface area (Å²) in [6.45, 7) is 7.25. The van der Waals surface area contributed by atoms with Crippen LogP contribution >= 0.6 is 0 Å². The van der Waals surface area contributed by atoms with Crippen LogP contribution in [-0.2, 0) is 0 Å². The Bertz CT molecular complexity index is 147. The zero-order valence-electron chi connectivity index (χ0n) is 9.09. The molecule has 1 saturated carbocycles. The first-order valence-electron chi connectivity index (χ1n) is 5.51. The van der Waals surface area contributed by atoms with Gasteiger partial charge in [0.05, 0.1) is 6.10 Å². The van der Waals surface area contributed by atoms with Crippen LogP contribution < -0.4 is 5.32 Å². The fourth-order valence-corrected chi connectivity index (χ4v) is 2.07. The molecule has 0 heterocycles. The summed E-state index contributed by atoms with van der Waals surface area (Å²) < 4.78 is 0. The van der Waals surface area contributed by atoms with Crippen LogP contribution in [0.4, 0.5) is 0 Å². The topological polar surface area (TPSA) is 32.3 Å². The average molecular weight is 185 g/mol. The van der Waals surface area contributed by atoms with E-state index in [9.17, 15) is 0 Å². The molecule has 0 bridgehead atoms. The first-order valence-corrected chi connectivity index (χ1v) is 5.51. The maximum atomic E-state index is 9.14. The number of aliphatic hydroxyl groups is 1. The Labute approximate surface area is 81.7 Å². The summed E-state index contributed by atoms with van der Waals surface area (Å²) >= 11 is 0. The molecule has 78 valence electrons. The van der Waals surface area contributed by atoms with Crippen molar-refractivity contribution in [3.05, 3.63) is 0 Å². The minimum atomic E-state index is -0.213. The highest BCUT2D eigenvalue weighted by atomic mass is 16.3. The molecule has 1 aliphatic rings. The Morgan fingerprint density at radius 1 is 1.31 bits per heavy atom. The van der Waals surface area contributed by atoms with Gasteiger partial charge in [0.2, 0.25) is 0 Å². The quantitative estimate of drug-likeness (QED) is 0.702. The van der Waals surface area contributed by atoms with Gasteiger partial charge in [-0.15, -0.1) is 0 Å². The molecule has 0 aliphatic heterocycles. The van der Waals surface area contributed by atoms with Crippen molar-refractivity contribution < 1.29 is 5.11 Å². The van der Waals surface area contributed by atoms with Gasteiger partial charge in [-0.1, -0.05) is 13.8 Å². The molecular weight excluding hydrogens is 162 g/mol. The van der Waals surface area contributed by atoms with Crippen molar-refractivity contribution >= 4 is 0 Å². The summed E-state index contributed by atoms with van der Waals surface area (Å²) in [4.78, 5) is 0. The Kier molecular flexibility index (Phi) is 4.20. The van der Waals surface area contributed by atoms with Crippen molar-refractivity contribution in [2.45, 2.75) is 52.2 Å². The van der Waals surface area contributed by atoms with Crippen LogP contribution in [0.5, 0.6) is 0 Å². The molecule has 0 radical (unpaired) electrons. The molecule has 2 nitrogen and oxygen atoms in total. The molecule has 2 heteroatoms. The molecule has 2 N–H and O–H groups in total. The second-order valence-corrected chi connectivity index (χ2v) is 4.72. The lowest BCUT2D eigenvalue weighted by Gasteiger charge is -2.32. The summed E-state index contributed by atoms with van der Waals surface area (Å²) in [6.07, 6.45) is 3.67. The fourth-order valence-electron chi connectivity index (χ4n) is 2.07. The maximum absolute atomic E-state index is 9.14. The molecule has 13 heavy (non-hydrogen) atoms. The van der Waals surface area contributed by atoms with E-state index in [1.54, 1.807) is 0 Å². The van der Waals surface area contributed by atoms with Crippen molar-refractivity contribution in [1.29, 1.82) is 0 Å². The van der Waals surface area contributed by atoms with Gasteiger partial charge in [-0.3, -0.25) is 0 Å². The monoisotopic (exact) mass is 185 g/mol. The minimum Gasteiger partial charge on any atom is -0.392 e. The SMILES string of the molecule is C[C@H](O)CN[C@@H]1CC[C@@H](C)[C@@H](C)C1. The van der Waals surface area contributed by atoms with E-state index in [0.29, 0.717) is 6.04 Å². The van der Waals surface area contributed by atoms with Crippen LogP contribution in [0.3, 0.4) is 0 Å². The molecule has 1 fully saturated rings. The Hall–Kier alpha value is -0.0800. The van der Waals surface area contributed by atoms with Gasteiger partial charge in [-0.25, -0.2) is 0 Å². The van der Waals surface area contributed by atoms with Crippen molar-refractivity contribution in [3.8, 4) is 0 Å². The van der Waals surface area contributed by atoms with E-state index >= 15 is 0 Å². The van der Waals surface area contributed by atoms with Crippen LogP contribution in [0, 0.1) is 11.8 Å². The van der Waals surface area contributed by atoms with E-state index in [1.807, 2.05) is 6.92 Å². The first kappa shape index (κ1) is 11.0. The van der Waals surface area contributed by atoms with E-state index in [1.165, 1.54) is 19.3 Å². The molecule has 1 rings (SSSR count). The van der Waals surface area contributed by atoms with E-state index in [4.69, 9.17) is 5.11 Å². The van der Waals surface area contributed by atoms with Gasteiger partial charge in [0.1, 0.15) is 0 Å². The predicted molar refractivity (Wildman–Crippen MR) is 55.7 cm³/mol. The number of nitrogens with one attached hydrogen (secondary N) is 1. The number of hydrogen-bond acceptors (Lipinski definition) is 2. The molecule has 0 saturated heterocycles. The normalized spacial score (nSPS) is 37.4. The third-order valence-electron chi connectivity index (χ3n) is 3.30. The van der Waals surface area contributed by atoms with E-state index in [-0.39, 0.29) is 6.10 Å². The van der Waals surface area contributed by atoms with E-state index in [2.05, 4.69) is 19.2 Å². The van der Waals surface area contributed by atoms with Crippen LogP contribution in [0.2, 0.25) is 0 Å². The third-order valence-corrected chi connectivity index (χ3v) is 3.30. The van der Waals surface area contributed by atoms with Crippen LogP contribution in [-0.4, -0.2) is 23.8 Å². The zero-order chi connectivity index (χ0) is 9.84. The molecule has 4 atom stereocenters. The lowest BCUT2D eigenvalue weighted by atomic mass is 9.79. The molecule has 0 aromatic carbocycles. The summed E-state index contributed by atoms with van der Waals surface area (Å²) in [6, 6.07) is 0.640. The Morgan fingerprint density at radius 2 is 2.00 bits per heavy atom. The van der Waals surface area contributed by atoms with Gasteiger partial charge in [-0.2, -0.15) is 0 Å². The van der Waals surface area contributed by atoms with E-state index in [0.717, 1.165) is 18.4 Å².